The average molecular weight is 441 g/mol. The molecule has 8 heteroatoms. The minimum Gasteiger partial charge on any atom is -0.352 e. The average Bonchev–Trinajstić information content (AvgIpc) is 3.01. The van der Waals surface area contributed by atoms with Crippen LogP contribution in [0, 0.1) is 5.92 Å². The summed E-state index contributed by atoms with van der Waals surface area (Å²) in [6.45, 7) is 0.372. The Kier molecular flexibility index (Phi) is 5.55. The van der Waals surface area contributed by atoms with E-state index in [9.17, 15) is 22.8 Å². The zero-order valence-electron chi connectivity index (χ0n) is 14.1. The van der Waals surface area contributed by atoms with E-state index >= 15 is 0 Å². The van der Waals surface area contributed by atoms with Crippen molar-refractivity contribution >= 4 is 33.4 Å². The van der Waals surface area contributed by atoms with E-state index < -0.39 is 17.7 Å². The zero-order valence-corrected chi connectivity index (χ0v) is 15.7. The van der Waals surface area contributed by atoms with Crippen LogP contribution in [-0.4, -0.2) is 18.4 Å². The number of rotatable bonds is 4. The molecule has 1 heterocycles. The second-order valence-electron chi connectivity index (χ2n) is 6.27. The van der Waals surface area contributed by atoms with Crippen LogP contribution in [0.1, 0.15) is 17.5 Å². The number of benzene rings is 2. The molecule has 4 nitrogen and oxygen atoms in total. The number of nitrogens with zero attached hydrogens (tertiary/aromatic N) is 1. The largest absolute Gasteiger partial charge is 0.416 e. The summed E-state index contributed by atoms with van der Waals surface area (Å²) in [7, 11) is 0. The monoisotopic (exact) mass is 440 g/mol. The molecule has 3 rings (SSSR count). The highest BCUT2D eigenvalue weighted by atomic mass is 79.9. The Morgan fingerprint density at radius 1 is 1.15 bits per heavy atom. The van der Waals surface area contributed by atoms with Crippen LogP contribution < -0.4 is 10.2 Å². The molecule has 1 N–H and O–H groups in total. The molecule has 142 valence electrons. The molecular formula is C19H16BrF3N2O2. The highest BCUT2D eigenvalue weighted by Gasteiger charge is 2.35. The molecule has 0 bridgehead atoms. The van der Waals surface area contributed by atoms with Crippen LogP contribution in [0.4, 0.5) is 18.9 Å². The van der Waals surface area contributed by atoms with Gasteiger partial charge in [0.2, 0.25) is 11.8 Å². The number of hydrogen-bond donors (Lipinski definition) is 1. The number of para-hydroxylation sites is 1. The Labute approximate surface area is 162 Å². The lowest BCUT2D eigenvalue weighted by Gasteiger charge is -2.18. The summed E-state index contributed by atoms with van der Waals surface area (Å²) >= 11 is 3.40. The molecule has 0 radical (unpaired) electrons. The van der Waals surface area contributed by atoms with Gasteiger partial charge in [0.15, 0.2) is 0 Å². The molecule has 1 saturated heterocycles. The molecule has 1 atom stereocenters. The van der Waals surface area contributed by atoms with E-state index in [2.05, 4.69) is 21.2 Å². The first-order valence-corrected chi connectivity index (χ1v) is 9.04. The molecule has 1 aliphatic heterocycles. The van der Waals surface area contributed by atoms with E-state index in [0.717, 1.165) is 16.6 Å². The van der Waals surface area contributed by atoms with Crippen LogP contribution in [0.2, 0.25) is 0 Å². The van der Waals surface area contributed by atoms with Crippen molar-refractivity contribution in [1.82, 2.24) is 5.32 Å². The van der Waals surface area contributed by atoms with Gasteiger partial charge in [0.25, 0.3) is 0 Å². The zero-order chi connectivity index (χ0) is 19.6. The van der Waals surface area contributed by atoms with Crippen molar-refractivity contribution in [3.8, 4) is 0 Å². The summed E-state index contributed by atoms with van der Waals surface area (Å²) in [5.74, 6) is -0.937. The highest BCUT2D eigenvalue weighted by Crippen LogP contribution is 2.31. The Hall–Kier alpha value is -2.35. The van der Waals surface area contributed by atoms with Gasteiger partial charge in [0.1, 0.15) is 0 Å². The first-order valence-electron chi connectivity index (χ1n) is 8.24. The Bertz CT molecular complexity index is 853. The number of carbonyl (C=O) groups is 2. The van der Waals surface area contributed by atoms with Crippen LogP contribution in [-0.2, 0) is 22.3 Å². The van der Waals surface area contributed by atoms with Gasteiger partial charge < -0.3 is 10.2 Å². The van der Waals surface area contributed by atoms with E-state index in [0.29, 0.717) is 11.3 Å². The quantitative estimate of drug-likeness (QED) is 0.776. The van der Waals surface area contributed by atoms with Gasteiger partial charge >= 0.3 is 6.18 Å². The third-order valence-electron chi connectivity index (χ3n) is 4.39. The smallest absolute Gasteiger partial charge is 0.352 e. The summed E-state index contributed by atoms with van der Waals surface area (Å²) in [5.41, 5.74) is 0.534. The molecule has 0 aromatic heterocycles. The summed E-state index contributed by atoms with van der Waals surface area (Å²) in [4.78, 5) is 26.2. The second-order valence-corrected chi connectivity index (χ2v) is 7.12. The van der Waals surface area contributed by atoms with Crippen molar-refractivity contribution in [2.45, 2.75) is 19.1 Å². The SMILES string of the molecule is O=C(NCc1ccc(C(F)(F)F)cc1)[C@H]1CC(=O)N(c2ccccc2Br)C1. The van der Waals surface area contributed by atoms with Crippen LogP contribution in [0.3, 0.4) is 0 Å². The Morgan fingerprint density at radius 3 is 2.44 bits per heavy atom. The van der Waals surface area contributed by atoms with Gasteiger partial charge in [0, 0.05) is 24.0 Å². The lowest BCUT2D eigenvalue weighted by atomic mass is 10.1. The Morgan fingerprint density at radius 2 is 1.81 bits per heavy atom. The van der Waals surface area contributed by atoms with E-state index in [-0.39, 0.29) is 31.3 Å². The molecule has 1 fully saturated rings. The molecule has 1 aliphatic rings. The maximum atomic E-state index is 12.6. The predicted molar refractivity (Wildman–Crippen MR) is 97.9 cm³/mol. The molecule has 2 amide bonds. The minimum absolute atomic E-state index is 0.0974. The van der Waals surface area contributed by atoms with E-state index in [1.807, 2.05) is 18.2 Å². The number of anilines is 1. The van der Waals surface area contributed by atoms with Crippen molar-refractivity contribution in [3.05, 3.63) is 64.1 Å². The number of hydrogen-bond acceptors (Lipinski definition) is 2. The number of amides is 2. The van der Waals surface area contributed by atoms with E-state index in [1.165, 1.54) is 12.1 Å². The maximum Gasteiger partial charge on any atom is 0.416 e. The summed E-state index contributed by atoms with van der Waals surface area (Å²) < 4.78 is 38.5. The van der Waals surface area contributed by atoms with Gasteiger partial charge in [-0.15, -0.1) is 0 Å². The van der Waals surface area contributed by atoms with Crippen molar-refractivity contribution in [2.75, 3.05) is 11.4 Å². The lowest BCUT2D eigenvalue weighted by molar-refractivity contribution is -0.137. The molecule has 27 heavy (non-hydrogen) atoms. The van der Waals surface area contributed by atoms with Gasteiger partial charge in [0.05, 0.1) is 17.2 Å². The van der Waals surface area contributed by atoms with Gasteiger partial charge in [-0.25, -0.2) is 0 Å². The van der Waals surface area contributed by atoms with Crippen LogP contribution in [0.15, 0.2) is 53.0 Å². The summed E-state index contributed by atoms with van der Waals surface area (Å²) in [5, 5.41) is 2.70. The fourth-order valence-electron chi connectivity index (χ4n) is 2.93. The van der Waals surface area contributed by atoms with E-state index in [1.54, 1.807) is 11.0 Å². The third-order valence-corrected chi connectivity index (χ3v) is 5.06. The van der Waals surface area contributed by atoms with Gasteiger partial charge in [-0.1, -0.05) is 24.3 Å². The van der Waals surface area contributed by atoms with Crippen LogP contribution >= 0.6 is 15.9 Å². The fraction of sp³-hybridized carbons (Fsp3) is 0.263. The van der Waals surface area contributed by atoms with Gasteiger partial charge in [-0.2, -0.15) is 13.2 Å². The predicted octanol–water partition coefficient (Wildman–Crippen LogP) is 4.14. The summed E-state index contributed by atoms with van der Waals surface area (Å²) in [6, 6.07) is 11.9. The molecule has 2 aromatic carbocycles. The van der Waals surface area contributed by atoms with Crippen LogP contribution in [0.25, 0.3) is 0 Å². The number of carbonyl (C=O) groups excluding carboxylic acids is 2. The van der Waals surface area contributed by atoms with Gasteiger partial charge in [-0.05, 0) is 45.8 Å². The Balaban J connectivity index is 1.59. The number of alkyl halides is 3. The van der Waals surface area contributed by atoms with Crippen molar-refractivity contribution in [3.63, 3.8) is 0 Å². The first kappa shape index (κ1) is 19.4. The maximum absolute atomic E-state index is 12.6. The molecule has 2 aromatic rings. The van der Waals surface area contributed by atoms with E-state index in [4.69, 9.17) is 0 Å². The number of nitrogens with one attached hydrogen (secondary N) is 1. The molecule has 0 spiro atoms. The van der Waals surface area contributed by atoms with Crippen molar-refractivity contribution in [1.29, 1.82) is 0 Å². The normalized spacial score (nSPS) is 17.3. The van der Waals surface area contributed by atoms with Crippen molar-refractivity contribution < 1.29 is 22.8 Å². The minimum atomic E-state index is -4.39. The van der Waals surface area contributed by atoms with Gasteiger partial charge in [-0.3, -0.25) is 9.59 Å². The molecule has 0 saturated carbocycles. The molecular weight excluding hydrogens is 425 g/mol. The van der Waals surface area contributed by atoms with Crippen molar-refractivity contribution in [2.24, 2.45) is 5.92 Å². The number of halogens is 4. The second kappa shape index (κ2) is 7.72. The first-order chi connectivity index (χ1) is 12.8. The summed E-state index contributed by atoms with van der Waals surface area (Å²) in [6.07, 6.45) is -4.29. The lowest BCUT2D eigenvalue weighted by Crippen LogP contribution is -2.32. The molecule has 0 aliphatic carbocycles. The highest BCUT2D eigenvalue weighted by molar-refractivity contribution is 9.10. The topological polar surface area (TPSA) is 49.4 Å². The van der Waals surface area contributed by atoms with Crippen LogP contribution in [0.5, 0.6) is 0 Å². The fourth-order valence-corrected chi connectivity index (χ4v) is 3.43. The standard InChI is InChI=1S/C19H16BrF3N2O2/c20-15-3-1-2-4-16(15)25-11-13(9-17(25)26)18(27)24-10-12-5-7-14(8-6-12)19(21,22)23/h1-8,13H,9-11H2,(H,24,27)/t13-/m0/s1. The third kappa shape index (κ3) is 4.50. The molecule has 0 unspecified atom stereocenters.